The molecule has 0 aliphatic heterocycles. The molecule has 1 aromatic heterocycles. The number of hydrogen-bond acceptors (Lipinski definition) is 4. The average molecular weight is 270 g/mol. The molecule has 8 heteroatoms. The van der Waals surface area contributed by atoms with Gasteiger partial charge in [-0.15, -0.1) is 0 Å². The molecule has 0 saturated carbocycles. The molecule has 0 bridgehead atoms. The fraction of sp³-hybridized carbons (Fsp3) is 0.100. The lowest BCUT2D eigenvalue weighted by atomic mass is 10.3. The third-order valence-electron chi connectivity index (χ3n) is 2.22. The zero-order valence-corrected chi connectivity index (χ0v) is 10.3. The maximum atomic E-state index is 13.5. The first-order valence-electron chi connectivity index (χ1n) is 4.96. The van der Waals surface area contributed by atoms with Gasteiger partial charge in [-0.3, -0.25) is 9.40 Å². The van der Waals surface area contributed by atoms with E-state index in [1.807, 2.05) is 0 Å². The van der Waals surface area contributed by atoms with Crippen LogP contribution in [0.4, 0.5) is 15.9 Å². The van der Waals surface area contributed by atoms with Crippen molar-refractivity contribution in [2.24, 2.45) is 7.05 Å². The number of aryl methyl sites for hydroxylation is 1. The molecule has 0 spiro atoms. The number of nitrogens with zero attached hydrogens (tertiary/aromatic N) is 2. The molecular weight excluding hydrogens is 259 g/mol. The van der Waals surface area contributed by atoms with Gasteiger partial charge in [0.05, 0.1) is 5.69 Å². The van der Waals surface area contributed by atoms with Crippen molar-refractivity contribution >= 4 is 21.5 Å². The van der Waals surface area contributed by atoms with Crippen LogP contribution in [0.5, 0.6) is 0 Å². The lowest BCUT2D eigenvalue weighted by Gasteiger charge is -2.08. The van der Waals surface area contributed by atoms with E-state index in [1.165, 1.54) is 22.9 Å². The Kier molecular flexibility index (Phi) is 2.95. The van der Waals surface area contributed by atoms with Crippen molar-refractivity contribution in [3.63, 3.8) is 0 Å². The molecule has 0 saturated heterocycles. The van der Waals surface area contributed by atoms with Crippen LogP contribution in [0, 0.1) is 5.82 Å². The normalized spacial score (nSPS) is 11.4. The Labute approximate surface area is 103 Å². The molecule has 0 atom stereocenters. The molecule has 0 aliphatic carbocycles. The molecule has 6 nitrogen and oxygen atoms in total. The molecule has 0 fully saturated rings. The van der Waals surface area contributed by atoms with Crippen molar-refractivity contribution < 1.29 is 12.8 Å². The van der Waals surface area contributed by atoms with E-state index in [4.69, 9.17) is 5.73 Å². The third kappa shape index (κ3) is 2.28. The van der Waals surface area contributed by atoms with Crippen molar-refractivity contribution in [3.8, 4) is 0 Å². The molecule has 96 valence electrons. The molecule has 3 N–H and O–H groups in total. The van der Waals surface area contributed by atoms with Gasteiger partial charge in [0, 0.05) is 19.3 Å². The molecule has 0 amide bonds. The van der Waals surface area contributed by atoms with Crippen molar-refractivity contribution in [2.75, 3.05) is 10.5 Å². The Morgan fingerprint density at radius 3 is 2.67 bits per heavy atom. The highest BCUT2D eigenvalue weighted by atomic mass is 32.2. The van der Waals surface area contributed by atoms with Gasteiger partial charge in [0.15, 0.2) is 5.82 Å². The standard InChI is InChI=1S/C10H11FN4O2S/c1-15-6-5-9(13-15)14-18(16,17)10-7(11)3-2-4-8(10)12/h2-6H,12H2,1H3,(H,13,14). The summed E-state index contributed by atoms with van der Waals surface area (Å²) in [6, 6.07) is 5.14. The summed E-state index contributed by atoms with van der Waals surface area (Å²) in [5.74, 6) is -0.807. The summed E-state index contributed by atoms with van der Waals surface area (Å²) in [7, 11) is -2.45. The number of anilines is 2. The number of nitrogen functional groups attached to an aromatic ring is 1. The van der Waals surface area contributed by atoms with Gasteiger partial charge in [-0.05, 0) is 12.1 Å². The van der Waals surface area contributed by atoms with Crippen LogP contribution in [0.25, 0.3) is 0 Å². The van der Waals surface area contributed by atoms with Crippen molar-refractivity contribution in [2.45, 2.75) is 4.90 Å². The number of aromatic nitrogens is 2. The Morgan fingerprint density at radius 1 is 1.39 bits per heavy atom. The largest absolute Gasteiger partial charge is 0.398 e. The topological polar surface area (TPSA) is 90.0 Å². The van der Waals surface area contributed by atoms with Crippen LogP contribution in [0.15, 0.2) is 35.4 Å². The van der Waals surface area contributed by atoms with E-state index in [1.54, 1.807) is 13.2 Å². The van der Waals surface area contributed by atoms with Crippen molar-refractivity contribution in [3.05, 3.63) is 36.3 Å². The van der Waals surface area contributed by atoms with Gasteiger partial charge in [0.1, 0.15) is 10.7 Å². The minimum atomic E-state index is -4.09. The van der Waals surface area contributed by atoms with Crippen LogP contribution in [0.1, 0.15) is 0 Å². The van der Waals surface area contributed by atoms with Crippen molar-refractivity contribution in [1.82, 2.24) is 9.78 Å². The van der Waals surface area contributed by atoms with Crippen LogP contribution in [-0.2, 0) is 17.1 Å². The molecule has 1 heterocycles. The number of nitrogens with one attached hydrogen (secondary N) is 1. The maximum absolute atomic E-state index is 13.5. The third-order valence-corrected chi connectivity index (χ3v) is 3.66. The fourth-order valence-electron chi connectivity index (χ4n) is 1.47. The van der Waals surface area contributed by atoms with Gasteiger partial charge in [0.2, 0.25) is 0 Å². The summed E-state index contributed by atoms with van der Waals surface area (Å²) >= 11 is 0. The lowest BCUT2D eigenvalue weighted by molar-refractivity contribution is 0.571. The highest BCUT2D eigenvalue weighted by Gasteiger charge is 2.22. The van der Waals surface area contributed by atoms with E-state index in [-0.39, 0.29) is 11.5 Å². The summed E-state index contributed by atoms with van der Waals surface area (Å²) in [5.41, 5.74) is 5.33. The van der Waals surface area contributed by atoms with E-state index >= 15 is 0 Å². The maximum Gasteiger partial charge on any atom is 0.268 e. The zero-order chi connectivity index (χ0) is 13.3. The predicted molar refractivity (Wildman–Crippen MR) is 64.8 cm³/mol. The molecule has 2 aromatic rings. The zero-order valence-electron chi connectivity index (χ0n) is 9.46. The van der Waals surface area contributed by atoms with Crippen LogP contribution >= 0.6 is 0 Å². The molecule has 0 unspecified atom stereocenters. The number of nitrogens with two attached hydrogens (primary N) is 1. The van der Waals surface area contributed by atoms with E-state index in [0.717, 1.165) is 6.07 Å². The molecular formula is C10H11FN4O2S. The second kappa shape index (κ2) is 4.30. The van der Waals surface area contributed by atoms with E-state index in [2.05, 4.69) is 9.82 Å². The highest BCUT2D eigenvalue weighted by Crippen LogP contribution is 2.23. The van der Waals surface area contributed by atoms with E-state index in [0.29, 0.717) is 0 Å². The van der Waals surface area contributed by atoms with Gasteiger partial charge in [-0.25, -0.2) is 12.8 Å². The van der Waals surface area contributed by atoms with Crippen molar-refractivity contribution in [1.29, 1.82) is 0 Å². The average Bonchev–Trinajstić information content (AvgIpc) is 2.62. The first-order valence-corrected chi connectivity index (χ1v) is 6.45. The monoisotopic (exact) mass is 270 g/mol. The van der Waals surface area contributed by atoms with Crippen LogP contribution in [0.2, 0.25) is 0 Å². The Bertz CT molecular complexity index is 661. The van der Waals surface area contributed by atoms with Crippen LogP contribution < -0.4 is 10.5 Å². The lowest BCUT2D eigenvalue weighted by Crippen LogP contribution is -2.17. The Morgan fingerprint density at radius 2 is 2.11 bits per heavy atom. The highest BCUT2D eigenvalue weighted by molar-refractivity contribution is 7.92. The summed E-state index contributed by atoms with van der Waals surface area (Å²) in [6.07, 6.45) is 1.56. The summed E-state index contributed by atoms with van der Waals surface area (Å²) < 4.78 is 41.1. The molecule has 0 radical (unpaired) electrons. The fourth-order valence-corrected chi connectivity index (χ4v) is 2.66. The second-order valence-electron chi connectivity index (χ2n) is 3.64. The molecule has 0 aliphatic rings. The second-order valence-corrected chi connectivity index (χ2v) is 5.26. The number of rotatable bonds is 3. The van der Waals surface area contributed by atoms with Gasteiger partial charge in [-0.1, -0.05) is 6.07 Å². The van der Waals surface area contributed by atoms with E-state index < -0.39 is 20.7 Å². The van der Waals surface area contributed by atoms with Gasteiger partial charge in [-0.2, -0.15) is 5.10 Å². The van der Waals surface area contributed by atoms with Crippen LogP contribution in [-0.4, -0.2) is 18.2 Å². The van der Waals surface area contributed by atoms with Gasteiger partial charge in [0.25, 0.3) is 10.0 Å². The number of hydrogen-bond donors (Lipinski definition) is 2. The predicted octanol–water partition coefficient (Wildman–Crippen LogP) is 0.942. The van der Waals surface area contributed by atoms with Gasteiger partial charge >= 0.3 is 0 Å². The van der Waals surface area contributed by atoms with Gasteiger partial charge < -0.3 is 5.73 Å². The molecule has 18 heavy (non-hydrogen) atoms. The summed E-state index contributed by atoms with van der Waals surface area (Å²) in [4.78, 5) is -0.573. The number of halogens is 1. The minimum absolute atomic E-state index is 0.0974. The molecule has 1 aromatic carbocycles. The molecule has 2 rings (SSSR count). The summed E-state index contributed by atoms with van der Waals surface area (Å²) in [6.45, 7) is 0. The number of sulfonamides is 1. The number of benzene rings is 1. The Balaban J connectivity index is 2.43. The quantitative estimate of drug-likeness (QED) is 0.812. The summed E-state index contributed by atoms with van der Waals surface area (Å²) in [5, 5.41) is 3.84. The minimum Gasteiger partial charge on any atom is -0.398 e. The SMILES string of the molecule is Cn1ccc(NS(=O)(=O)c2c(N)cccc2F)n1. The Hall–Kier alpha value is -2.09. The first-order chi connectivity index (χ1) is 8.40. The smallest absolute Gasteiger partial charge is 0.268 e. The van der Waals surface area contributed by atoms with Crippen LogP contribution in [0.3, 0.4) is 0 Å². The first kappa shape index (κ1) is 12.4. The van der Waals surface area contributed by atoms with E-state index in [9.17, 15) is 12.8 Å².